The topological polar surface area (TPSA) is 72.9 Å². The second-order valence-electron chi connectivity index (χ2n) is 5.56. The summed E-state index contributed by atoms with van der Waals surface area (Å²) in [6, 6.07) is 8.36. The molecule has 0 aliphatic carbocycles. The molecule has 3 unspecified atom stereocenters. The smallest absolute Gasteiger partial charge is 0.330 e. The van der Waals surface area contributed by atoms with E-state index in [9.17, 15) is 14.4 Å². The van der Waals surface area contributed by atoms with Crippen molar-refractivity contribution in [2.75, 3.05) is 7.11 Å². The Bertz CT molecular complexity index is 600. The minimum absolute atomic E-state index is 0.0501. The summed E-state index contributed by atoms with van der Waals surface area (Å²) in [5.41, 5.74) is 0.856. The minimum atomic E-state index is -0.859. The van der Waals surface area contributed by atoms with Crippen molar-refractivity contribution in [2.45, 2.75) is 31.5 Å². The number of nitrogens with zero attached hydrogens (tertiary/aromatic N) is 1. The zero-order chi connectivity index (χ0) is 15.7. The van der Waals surface area contributed by atoms with E-state index in [1.807, 2.05) is 30.3 Å². The van der Waals surface area contributed by atoms with Gasteiger partial charge >= 0.3 is 11.9 Å². The molecule has 2 aliphatic heterocycles. The summed E-state index contributed by atoms with van der Waals surface area (Å²) in [6.07, 6.45) is 0.847. The maximum absolute atomic E-state index is 12.4. The highest BCUT2D eigenvalue weighted by Crippen LogP contribution is 2.40. The SMILES string of the molecule is COC(=O)C1CC2CC(=O)N2C1C(=O)OCc1ccccc1. The van der Waals surface area contributed by atoms with Crippen molar-refractivity contribution in [3.05, 3.63) is 35.9 Å². The summed E-state index contributed by atoms with van der Waals surface area (Å²) in [4.78, 5) is 37.4. The van der Waals surface area contributed by atoms with Crippen molar-refractivity contribution >= 4 is 17.8 Å². The van der Waals surface area contributed by atoms with Crippen LogP contribution in [0.2, 0.25) is 0 Å². The average Bonchev–Trinajstić information content (AvgIpc) is 2.85. The third-order valence-electron chi connectivity index (χ3n) is 4.27. The molecule has 3 atom stereocenters. The second kappa shape index (κ2) is 5.79. The molecular formula is C16H17NO5. The number of hydrogen-bond donors (Lipinski definition) is 0. The molecule has 1 aromatic rings. The number of rotatable bonds is 4. The maximum atomic E-state index is 12.4. The van der Waals surface area contributed by atoms with E-state index in [2.05, 4.69) is 0 Å². The van der Waals surface area contributed by atoms with Crippen LogP contribution in [0.15, 0.2) is 30.3 Å². The van der Waals surface area contributed by atoms with Gasteiger partial charge in [-0.05, 0) is 12.0 Å². The number of hydrogen-bond acceptors (Lipinski definition) is 5. The number of β-lactam (4-membered cyclic amide) rings is 1. The number of amides is 1. The van der Waals surface area contributed by atoms with Gasteiger partial charge in [-0.3, -0.25) is 9.59 Å². The molecule has 2 saturated heterocycles. The van der Waals surface area contributed by atoms with Gasteiger partial charge in [-0.2, -0.15) is 0 Å². The fourth-order valence-electron chi connectivity index (χ4n) is 3.16. The lowest BCUT2D eigenvalue weighted by atomic mass is 9.98. The van der Waals surface area contributed by atoms with Crippen LogP contribution < -0.4 is 0 Å². The van der Waals surface area contributed by atoms with Crippen LogP contribution >= 0.6 is 0 Å². The van der Waals surface area contributed by atoms with Gasteiger partial charge in [-0.15, -0.1) is 0 Å². The molecule has 3 rings (SSSR count). The first-order valence-corrected chi connectivity index (χ1v) is 7.21. The largest absolute Gasteiger partial charge is 0.469 e. The molecule has 0 saturated carbocycles. The fourth-order valence-corrected chi connectivity index (χ4v) is 3.16. The molecule has 2 fully saturated rings. The summed E-state index contributed by atoms with van der Waals surface area (Å²) < 4.78 is 10.0. The molecular weight excluding hydrogens is 286 g/mol. The van der Waals surface area contributed by atoms with Crippen molar-refractivity contribution in [1.29, 1.82) is 0 Å². The molecule has 6 nitrogen and oxygen atoms in total. The van der Waals surface area contributed by atoms with Crippen molar-refractivity contribution in [3.63, 3.8) is 0 Å². The van der Waals surface area contributed by atoms with Gasteiger partial charge in [0.25, 0.3) is 0 Å². The van der Waals surface area contributed by atoms with Gasteiger partial charge < -0.3 is 14.4 Å². The summed E-state index contributed by atoms with van der Waals surface area (Å²) in [7, 11) is 1.28. The van der Waals surface area contributed by atoms with E-state index in [1.54, 1.807) is 0 Å². The number of fused-ring (bicyclic) bond motifs is 1. The second-order valence-corrected chi connectivity index (χ2v) is 5.56. The summed E-state index contributed by atoms with van der Waals surface area (Å²) in [6.45, 7) is 0.122. The predicted octanol–water partition coefficient (Wildman–Crippen LogP) is 0.892. The van der Waals surface area contributed by atoms with Gasteiger partial charge in [0.1, 0.15) is 12.6 Å². The van der Waals surface area contributed by atoms with E-state index in [-0.39, 0.29) is 18.6 Å². The van der Waals surface area contributed by atoms with Crippen molar-refractivity contribution < 1.29 is 23.9 Å². The standard InChI is InChI=1S/C16H17NO5/c1-21-15(19)12-7-11-8-13(18)17(11)14(12)16(20)22-9-10-5-3-2-4-6-10/h2-6,11-12,14H,7-9H2,1H3. The van der Waals surface area contributed by atoms with Gasteiger partial charge in [-0.1, -0.05) is 30.3 Å². The van der Waals surface area contributed by atoms with Crippen molar-refractivity contribution in [3.8, 4) is 0 Å². The monoisotopic (exact) mass is 303 g/mol. The van der Waals surface area contributed by atoms with E-state index in [0.717, 1.165) is 5.56 Å². The predicted molar refractivity (Wildman–Crippen MR) is 75.4 cm³/mol. The lowest BCUT2D eigenvalue weighted by Crippen LogP contribution is -2.55. The van der Waals surface area contributed by atoms with Crippen LogP contribution in [-0.2, 0) is 30.5 Å². The summed E-state index contributed by atoms with van der Waals surface area (Å²) in [5.74, 6) is -1.76. The molecule has 22 heavy (non-hydrogen) atoms. The third kappa shape index (κ3) is 2.45. The van der Waals surface area contributed by atoms with Crippen LogP contribution in [-0.4, -0.2) is 41.9 Å². The van der Waals surface area contributed by atoms with Gasteiger partial charge in [0.15, 0.2) is 0 Å². The highest BCUT2D eigenvalue weighted by Gasteiger charge is 2.57. The van der Waals surface area contributed by atoms with E-state index in [4.69, 9.17) is 9.47 Å². The molecule has 1 aromatic carbocycles. The van der Waals surface area contributed by atoms with E-state index < -0.39 is 23.9 Å². The summed E-state index contributed by atoms with van der Waals surface area (Å²) in [5, 5.41) is 0. The van der Waals surface area contributed by atoms with Crippen LogP contribution in [0, 0.1) is 5.92 Å². The zero-order valence-electron chi connectivity index (χ0n) is 12.2. The molecule has 1 amide bonds. The Morgan fingerprint density at radius 3 is 2.59 bits per heavy atom. The normalized spacial score (nSPS) is 26.1. The first-order valence-electron chi connectivity index (χ1n) is 7.21. The Hall–Kier alpha value is -2.37. The Balaban J connectivity index is 1.70. The van der Waals surface area contributed by atoms with Gasteiger partial charge in [0, 0.05) is 12.5 Å². The average molecular weight is 303 g/mol. The Kier molecular flexibility index (Phi) is 3.83. The molecule has 0 N–H and O–H groups in total. The molecule has 2 aliphatic rings. The highest BCUT2D eigenvalue weighted by molar-refractivity contribution is 5.94. The van der Waals surface area contributed by atoms with Crippen LogP contribution in [0.1, 0.15) is 18.4 Å². The number of esters is 2. The molecule has 0 aromatic heterocycles. The Morgan fingerprint density at radius 2 is 1.95 bits per heavy atom. The summed E-state index contributed by atoms with van der Waals surface area (Å²) >= 11 is 0. The minimum Gasteiger partial charge on any atom is -0.469 e. The number of benzene rings is 1. The fraction of sp³-hybridized carbons (Fsp3) is 0.438. The van der Waals surface area contributed by atoms with Crippen molar-refractivity contribution in [2.24, 2.45) is 5.92 Å². The maximum Gasteiger partial charge on any atom is 0.330 e. The molecule has 2 heterocycles. The van der Waals surface area contributed by atoms with Gasteiger partial charge in [0.2, 0.25) is 5.91 Å². The lowest BCUT2D eigenvalue weighted by Gasteiger charge is -2.37. The quantitative estimate of drug-likeness (QED) is 0.610. The van der Waals surface area contributed by atoms with E-state index in [1.165, 1.54) is 12.0 Å². The van der Waals surface area contributed by atoms with E-state index in [0.29, 0.717) is 12.8 Å². The number of carbonyl (C=O) groups excluding carboxylic acids is 3. The lowest BCUT2D eigenvalue weighted by molar-refractivity contribution is -0.165. The molecule has 6 heteroatoms. The van der Waals surface area contributed by atoms with Crippen LogP contribution in [0.25, 0.3) is 0 Å². The molecule has 116 valence electrons. The Morgan fingerprint density at radius 1 is 1.23 bits per heavy atom. The van der Waals surface area contributed by atoms with Gasteiger partial charge in [-0.25, -0.2) is 4.79 Å². The molecule has 0 spiro atoms. The first-order chi connectivity index (χ1) is 10.6. The highest BCUT2D eigenvalue weighted by atomic mass is 16.5. The molecule has 0 radical (unpaired) electrons. The van der Waals surface area contributed by atoms with Crippen LogP contribution in [0.5, 0.6) is 0 Å². The van der Waals surface area contributed by atoms with Gasteiger partial charge in [0.05, 0.1) is 13.0 Å². The Labute approximate surface area is 128 Å². The van der Waals surface area contributed by atoms with Crippen LogP contribution in [0.4, 0.5) is 0 Å². The third-order valence-corrected chi connectivity index (χ3v) is 4.27. The van der Waals surface area contributed by atoms with E-state index >= 15 is 0 Å². The molecule has 0 bridgehead atoms. The zero-order valence-corrected chi connectivity index (χ0v) is 12.2. The van der Waals surface area contributed by atoms with Crippen LogP contribution in [0.3, 0.4) is 0 Å². The first kappa shape index (κ1) is 14.6. The number of ether oxygens (including phenoxy) is 2. The number of methoxy groups -OCH3 is 1. The number of carbonyl (C=O) groups is 3. The van der Waals surface area contributed by atoms with Crippen molar-refractivity contribution in [1.82, 2.24) is 4.90 Å².